The third-order valence-corrected chi connectivity index (χ3v) is 4.19. The molecule has 0 bridgehead atoms. The molecule has 0 saturated heterocycles. The molecule has 2 rings (SSSR count). The zero-order valence-corrected chi connectivity index (χ0v) is 15.5. The second kappa shape index (κ2) is 6.83. The van der Waals surface area contributed by atoms with Gasteiger partial charge in [-0.2, -0.15) is 0 Å². The summed E-state index contributed by atoms with van der Waals surface area (Å²) in [6.07, 6.45) is 3.47. The Kier molecular flexibility index (Phi) is 5.86. The Balaban J connectivity index is 0.00000220. The van der Waals surface area contributed by atoms with E-state index in [-0.39, 0.29) is 32.3 Å². The van der Waals surface area contributed by atoms with E-state index < -0.39 is 8.07 Å². The molecule has 116 valence electrons. The summed E-state index contributed by atoms with van der Waals surface area (Å²) in [6, 6.07) is 5.50. The monoisotopic (exact) mass is 392 g/mol. The van der Waals surface area contributed by atoms with E-state index in [0.717, 1.165) is 17.0 Å². The second-order valence-corrected chi connectivity index (χ2v) is 11.1. The van der Waals surface area contributed by atoms with Gasteiger partial charge in [0.25, 0.3) is 0 Å². The zero-order chi connectivity index (χ0) is 14.9. The van der Waals surface area contributed by atoms with Gasteiger partial charge in [-0.15, -0.1) is 5.92 Å². The average Bonchev–Trinajstić information content (AvgIpc) is 2.69. The van der Waals surface area contributed by atoms with Gasteiger partial charge < -0.3 is 10.8 Å². The number of rotatable bonds is 3. The molecule has 1 aliphatic rings. The minimum atomic E-state index is -1.30. The van der Waals surface area contributed by atoms with Gasteiger partial charge in [0.1, 0.15) is 0 Å². The Morgan fingerprint density at radius 1 is 1.38 bits per heavy atom. The maximum absolute atomic E-state index is 11.6. The molecule has 0 N–H and O–H groups in total. The SMILES string of the molecule is COC(=O)c1ccc2c(c1)C([C-]=C[Si](C)(C)C)C(C)=N2.[Pd]. The molecular weight excluding hydrogens is 373 g/mol. The van der Waals surface area contributed by atoms with Crippen LogP contribution < -0.4 is 0 Å². The van der Waals surface area contributed by atoms with E-state index >= 15 is 0 Å². The molecule has 0 aromatic heterocycles. The predicted octanol–water partition coefficient (Wildman–Crippen LogP) is 3.90. The number of benzene rings is 1. The minimum Gasteiger partial charge on any atom is -0.491 e. The topological polar surface area (TPSA) is 38.7 Å². The molecule has 1 aliphatic heterocycles. The van der Waals surface area contributed by atoms with E-state index in [2.05, 4.69) is 36.4 Å². The Hall–Kier alpha value is -1.02. The van der Waals surface area contributed by atoms with E-state index in [4.69, 9.17) is 4.74 Å². The third-order valence-electron chi connectivity index (χ3n) is 3.16. The maximum atomic E-state index is 11.6. The number of esters is 1. The van der Waals surface area contributed by atoms with Crippen molar-refractivity contribution in [3.05, 3.63) is 41.1 Å². The van der Waals surface area contributed by atoms with Gasteiger partial charge >= 0.3 is 5.97 Å². The number of nitrogens with zero attached hydrogens (tertiary/aromatic N) is 1. The second-order valence-electron chi connectivity index (χ2n) is 6.13. The number of hydrogen-bond donors (Lipinski definition) is 0. The van der Waals surface area contributed by atoms with Crippen molar-refractivity contribution in [2.24, 2.45) is 4.99 Å². The fourth-order valence-corrected chi connectivity index (χ4v) is 2.82. The van der Waals surface area contributed by atoms with Crippen molar-refractivity contribution in [1.29, 1.82) is 0 Å². The Morgan fingerprint density at radius 2 is 2.05 bits per heavy atom. The summed E-state index contributed by atoms with van der Waals surface area (Å²) in [5.41, 5.74) is 5.76. The summed E-state index contributed by atoms with van der Waals surface area (Å²) in [5, 5.41) is 0. The van der Waals surface area contributed by atoms with Crippen molar-refractivity contribution < 1.29 is 30.0 Å². The summed E-state index contributed by atoms with van der Waals surface area (Å²) < 4.78 is 4.77. The molecule has 0 spiro atoms. The molecule has 21 heavy (non-hydrogen) atoms. The van der Waals surface area contributed by atoms with Gasteiger partial charge in [0, 0.05) is 28.5 Å². The fraction of sp³-hybridized carbons (Fsp3) is 0.375. The van der Waals surface area contributed by atoms with Crippen LogP contribution in [0.25, 0.3) is 0 Å². The summed E-state index contributed by atoms with van der Waals surface area (Å²) in [6.45, 7) is 8.82. The molecule has 1 atom stereocenters. The fourth-order valence-electron chi connectivity index (χ4n) is 2.16. The molecule has 0 fully saturated rings. The number of carbonyl (C=O) groups excluding carboxylic acids is 1. The van der Waals surface area contributed by atoms with Crippen molar-refractivity contribution >= 4 is 25.4 Å². The first-order valence-corrected chi connectivity index (χ1v) is 10.3. The van der Waals surface area contributed by atoms with Crippen molar-refractivity contribution in [2.45, 2.75) is 32.5 Å². The van der Waals surface area contributed by atoms with Crippen molar-refractivity contribution in [2.75, 3.05) is 7.11 Å². The van der Waals surface area contributed by atoms with Gasteiger partial charge in [0.05, 0.1) is 18.4 Å². The zero-order valence-electron chi connectivity index (χ0n) is 13.0. The van der Waals surface area contributed by atoms with Crippen molar-refractivity contribution in [1.82, 2.24) is 0 Å². The normalized spacial score (nSPS) is 17.2. The molecule has 0 saturated carbocycles. The van der Waals surface area contributed by atoms with Crippen LogP contribution in [0, 0.1) is 6.08 Å². The summed E-state index contributed by atoms with van der Waals surface area (Å²) in [5.74, 6) is -0.258. The molecule has 1 heterocycles. The molecule has 5 heteroatoms. The number of fused-ring (bicyclic) bond motifs is 1. The Labute approximate surface area is 141 Å². The van der Waals surface area contributed by atoms with Crippen LogP contribution in [0.5, 0.6) is 0 Å². The molecule has 1 aromatic carbocycles. The largest absolute Gasteiger partial charge is 0.491 e. The molecule has 1 unspecified atom stereocenters. The van der Waals surface area contributed by atoms with Crippen LogP contribution in [0.3, 0.4) is 0 Å². The third kappa shape index (κ3) is 4.23. The number of hydrogen-bond acceptors (Lipinski definition) is 3. The number of allylic oxidation sites excluding steroid dienone is 1. The minimum absolute atomic E-state index is 0. The van der Waals surface area contributed by atoms with Crippen LogP contribution in [0.15, 0.2) is 28.9 Å². The molecule has 0 radical (unpaired) electrons. The summed E-state index contributed by atoms with van der Waals surface area (Å²) in [7, 11) is 0.0942. The van der Waals surface area contributed by atoms with E-state index in [1.165, 1.54) is 7.11 Å². The first-order chi connectivity index (χ1) is 9.31. The van der Waals surface area contributed by atoms with Gasteiger partial charge in [-0.05, 0) is 36.4 Å². The molecule has 0 aliphatic carbocycles. The van der Waals surface area contributed by atoms with E-state index in [0.29, 0.717) is 5.56 Å². The quantitative estimate of drug-likeness (QED) is 0.444. The van der Waals surface area contributed by atoms with Crippen LogP contribution in [0.1, 0.15) is 28.8 Å². The average molecular weight is 393 g/mol. The van der Waals surface area contributed by atoms with E-state index in [9.17, 15) is 4.79 Å². The Bertz CT molecular complexity index is 603. The molecule has 1 aromatic rings. The molecular formula is C16H20NO2PdSi-. The van der Waals surface area contributed by atoms with Gasteiger partial charge in [-0.25, -0.2) is 4.79 Å². The van der Waals surface area contributed by atoms with E-state index in [1.807, 2.05) is 19.1 Å². The van der Waals surface area contributed by atoms with Crippen LogP contribution in [-0.2, 0) is 25.2 Å². The molecule has 0 amide bonds. The van der Waals surface area contributed by atoms with Crippen LogP contribution >= 0.6 is 0 Å². The predicted molar refractivity (Wildman–Crippen MR) is 84.5 cm³/mol. The summed E-state index contributed by atoms with van der Waals surface area (Å²) in [4.78, 5) is 16.2. The Morgan fingerprint density at radius 3 is 2.62 bits per heavy atom. The van der Waals surface area contributed by atoms with Crippen molar-refractivity contribution in [3.8, 4) is 0 Å². The van der Waals surface area contributed by atoms with Gasteiger partial charge in [0.15, 0.2) is 0 Å². The van der Waals surface area contributed by atoms with Gasteiger partial charge in [-0.1, -0.05) is 19.6 Å². The number of ether oxygens (including phenoxy) is 1. The smallest absolute Gasteiger partial charge is 0.337 e. The van der Waals surface area contributed by atoms with Crippen LogP contribution in [0.2, 0.25) is 19.6 Å². The number of carbonyl (C=O) groups is 1. The van der Waals surface area contributed by atoms with E-state index in [1.54, 1.807) is 6.07 Å². The number of methoxy groups -OCH3 is 1. The van der Waals surface area contributed by atoms with Crippen LogP contribution in [-0.4, -0.2) is 26.9 Å². The number of aliphatic imine (C=N–C) groups is 1. The van der Waals surface area contributed by atoms with Gasteiger partial charge in [-0.3, -0.25) is 10.7 Å². The first kappa shape index (κ1) is 18.0. The van der Waals surface area contributed by atoms with Gasteiger partial charge in [0.2, 0.25) is 0 Å². The first-order valence-electron chi connectivity index (χ1n) is 6.70. The maximum Gasteiger partial charge on any atom is 0.337 e. The standard InChI is InChI=1S/C16H20NO2Si.Pd/c1-11-13(8-9-20(3,4)5)14-10-12(16(18)19-2)6-7-15(14)17-11;/h6-7,9-10,13H,1-5H3;/q-1;. The summed E-state index contributed by atoms with van der Waals surface area (Å²) >= 11 is 0. The molecule has 3 nitrogen and oxygen atoms in total. The van der Waals surface area contributed by atoms with Crippen molar-refractivity contribution in [3.63, 3.8) is 0 Å². The van der Waals surface area contributed by atoms with Crippen LogP contribution in [0.4, 0.5) is 5.69 Å².